The van der Waals surface area contributed by atoms with Gasteiger partial charge in [-0.3, -0.25) is 9.59 Å². The van der Waals surface area contributed by atoms with Gasteiger partial charge in [-0.25, -0.2) is 8.91 Å². The predicted octanol–water partition coefficient (Wildman–Crippen LogP) is 2.21. The molecule has 0 radical (unpaired) electrons. The number of hydrogen-bond donors (Lipinski definition) is 1. The molecule has 2 aromatic heterocycles. The molecule has 29 heavy (non-hydrogen) atoms. The summed E-state index contributed by atoms with van der Waals surface area (Å²) in [4.78, 5) is 25.5. The monoisotopic (exact) mass is 394 g/mol. The lowest BCUT2D eigenvalue weighted by Gasteiger charge is -2.13. The van der Waals surface area contributed by atoms with Crippen LogP contribution in [0.4, 0.5) is 4.39 Å². The van der Waals surface area contributed by atoms with Gasteiger partial charge in [-0.15, -0.1) is 0 Å². The normalized spacial score (nSPS) is 11.2. The first-order chi connectivity index (χ1) is 14.1. The third kappa shape index (κ3) is 3.62. The largest absolute Gasteiger partial charge is 0.383 e. The summed E-state index contributed by atoms with van der Waals surface area (Å²) in [6.45, 7) is 1.03. The van der Waals surface area contributed by atoms with Crippen LogP contribution in [0.25, 0.3) is 16.6 Å². The molecule has 4 rings (SSSR count). The number of halogens is 1. The maximum Gasteiger partial charge on any atom is 0.277 e. The van der Waals surface area contributed by atoms with Crippen LogP contribution in [0.3, 0.4) is 0 Å². The average molecular weight is 394 g/mol. The number of carbonyl (C=O) groups is 1. The predicted molar refractivity (Wildman–Crippen MR) is 107 cm³/mol. The maximum absolute atomic E-state index is 13.3. The Balaban J connectivity index is 1.85. The molecule has 0 atom stereocenters. The molecule has 0 saturated carbocycles. The van der Waals surface area contributed by atoms with E-state index in [1.807, 2.05) is 0 Å². The Labute approximate surface area is 165 Å². The van der Waals surface area contributed by atoms with Crippen molar-refractivity contribution in [1.82, 2.24) is 19.5 Å². The Hall–Kier alpha value is -3.52. The van der Waals surface area contributed by atoms with Crippen molar-refractivity contribution >= 4 is 22.5 Å². The van der Waals surface area contributed by atoms with E-state index in [4.69, 9.17) is 4.74 Å². The summed E-state index contributed by atoms with van der Waals surface area (Å²) in [5, 5.41) is 7.01. The molecule has 4 aromatic rings. The van der Waals surface area contributed by atoms with Gasteiger partial charge in [0.05, 0.1) is 30.4 Å². The third-order valence-electron chi connectivity index (χ3n) is 4.71. The minimum absolute atomic E-state index is 0.240. The molecular weight excluding hydrogens is 375 g/mol. The number of methoxy groups -OCH3 is 1. The number of benzene rings is 2. The Kier molecular flexibility index (Phi) is 5.09. The van der Waals surface area contributed by atoms with Crippen LogP contribution in [0.2, 0.25) is 0 Å². The lowest BCUT2D eigenvalue weighted by molar-refractivity contribution is 0.0937. The summed E-state index contributed by atoms with van der Waals surface area (Å²) >= 11 is 0. The van der Waals surface area contributed by atoms with E-state index < -0.39 is 0 Å². The summed E-state index contributed by atoms with van der Waals surface area (Å²) in [7, 11) is 1.56. The zero-order valence-electron chi connectivity index (χ0n) is 15.8. The SMILES string of the molecule is COCCNC(=O)c1ccc2c(c1)n(Cc1ccc(F)cc1)c(=O)c1ccnn12. The molecule has 148 valence electrons. The van der Waals surface area contributed by atoms with Crippen molar-refractivity contribution in [3.8, 4) is 0 Å². The summed E-state index contributed by atoms with van der Waals surface area (Å²) in [5.74, 6) is -0.600. The van der Waals surface area contributed by atoms with Gasteiger partial charge in [0.25, 0.3) is 11.5 Å². The van der Waals surface area contributed by atoms with Crippen LogP contribution in [-0.2, 0) is 11.3 Å². The molecule has 0 aliphatic rings. The lowest BCUT2D eigenvalue weighted by atomic mass is 10.1. The quantitative estimate of drug-likeness (QED) is 0.509. The van der Waals surface area contributed by atoms with Crippen LogP contribution in [0.5, 0.6) is 0 Å². The Morgan fingerprint density at radius 1 is 1.10 bits per heavy atom. The number of nitrogens with one attached hydrogen (secondary N) is 1. The number of amides is 1. The summed E-state index contributed by atoms with van der Waals surface area (Å²) in [6, 6.07) is 12.8. The summed E-state index contributed by atoms with van der Waals surface area (Å²) in [5.41, 5.74) is 2.64. The molecule has 0 bridgehead atoms. The molecule has 7 nitrogen and oxygen atoms in total. The van der Waals surface area contributed by atoms with Crippen molar-refractivity contribution in [2.45, 2.75) is 6.54 Å². The highest BCUT2D eigenvalue weighted by Crippen LogP contribution is 2.18. The van der Waals surface area contributed by atoms with Crippen LogP contribution in [-0.4, -0.2) is 40.3 Å². The molecule has 0 unspecified atom stereocenters. The molecule has 2 heterocycles. The second kappa shape index (κ2) is 7.84. The maximum atomic E-state index is 13.3. The molecule has 0 aliphatic carbocycles. The fraction of sp³-hybridized carbons (Fsp3) is 0.190. The molecule has 8 heteroatoms. The van der Waals surface area contributed by atoms with E-state index in [-0.39, 0.29) is 23.8 Å². The molecule has 0 aliphatic heterocycles. The number of rotatable bonds is 6. The van der Waals surface area contributed by atoms with E-state index in [2.05, 4.69) is 10.4 Å². The third-order valence-corrected chi connectivity index (χ3v) is 4.71. The second-order valence-electron chi connectivity index (χ2n) is 6.60. The van der Waals surface area contributed by atoms with Gasteiger partial charge < -0.3 is 14.6 Å². The van der Waals surface area contributed by atoms with Gasteiger partial charge in [0, 0.05) is 19.2 Å². The van der Waals surface area contributed by atoms with Crippen LogP contribution >= 0.6 is 0 Å². The molecule has 0 fully saturated rings. The molecule has 1 amide bonds. The molecule has 0 saturated heterocycles. The van der Waals surface area contributed by atoms with E-state index in [0.29, 0.717) is 35.3 Å². The van der Waals surface area contributed by atoms with Gasteiger partial charge in [0.1, 0.15) is 11.3 Å². The zero-order valence-corrected chi connectivity index (χ0v) is 15.8. The summed E-state index contributed by atoms with van der Waals surface area (Å²) < 4.78 is 21.3. The standard InChI is InChI=1S/C21H19FN4O3/c1-29-11-10-23-20(27)15-4-7-17-19(12-15)25(13-14-2-5-16(22)6-3-14)21(28)18-8-9-24-26(17)18/h2-9,12H,10-11,13H2,1H3,(H,23,27). The van der Waals surface area contributed by atoms with E-state index in [0.717, 1.165) is 5.56 Å². The first-order valence-electron chi connectivity index (χ1n) is 9.10. The van der Waals surface area contributed by atoms with Crippen molar-refractivity contribution in [2.24, 2.45) is 0 Å². The van der Waals surface area contributed by atoms with Crippen molar-refractivity contribution < 1.29 is 13.9 Å². The van der Waals surface area contributed by atoms with Crippen LogP contribution in [0.15, 0.2) is 59.5 Å². The van der Waals surface area contributed by atoms with Gasteiger partial charge in [-0.2, -0.15) is 5.10 Å². The lowest BCUT2D eigenvalue weighted by Crippen LogP contribution is -2.27. The number of hydrogen-bond acceptors (Lipinski definition) is 4. The molecule has 0 spiro atoms. The first kappa shape index (κ1) is 18.8. The van der Waals surface area contributed by atoms with Gasteiger partial charge in [-0.1, -0.05) is 12.1 Å². The minimum Gasteiger partial charge on any atom is -0.383 e. The number of ether oxygens (including phenoxy) is 1. The topological polar surface area (TPSA) is 77.6 Å². The van der Waals surface area contributed by atoms with E-state index in [9.17, 15) is 14.0 Å². The molecule has 2 aromatic carbocycles. The molecular formula is C21H19FN4O3. The average Bonchev–Trinajstić information content (AvgIpc) is 3.22. The first-order valence-corrected chi connectivity index (χ1v) is 9.10. The fourth-order valence-electron chi connectivity index (χ4n) is 3.26. The smallest absolute Gasteiger partial charge is 0.277 e. The number of aromatic nitrogens is 3. The van der Waals surface area contributed by atoms with Crippen molar-refractivity contribution in [2.75, 3.05) is 20.3 Å². The van der Waals surface area contributed by atoms with Crippen molar-refractivity contribution in [3.05, 3.63) is 82.0 Å². The van der Waals surface area contributed by atoms with Crippen molar-refractivity contribution in [1.29, 1.82) is 0 Å². The van der Waals surface area contributed by atoms with Crippen LogP contribution in [0, 0.1) is 5.82 Å². The highest BCUT2D eigenvalue weighted by Gasteiger charge is 2.14. The number of fused-ring (bicyclic) bond motifs is 3. The Morgan fingerprint density at radius 2 is 1.90 bits per heavy atom. The van der Waals surface area contributed by atoms with E-state index in [1.165, 1.54) is 12.1 Å². The Bertz CT molecular complexity index is 1240. The fourth-order valence-corrected chi connectivity index (χ4v) is 3.26. The Morgan fingerprint density at radius 3 is 2.66 bits per heavy atom. The van der Waals surface area contributed by atoms with Gasteiger partial charge in [0.2, 0.25) is 0 Å². The van der Waals surface area contributed by atoms with Gasteiger partial charge in [-0.05, 0) is 42.0 Å². The second-order valence-corrected chi connectivity index (χ2v) is 6.60. The highest BCUT2D eigenvalue weighted by atomic mass is 19.1. The minimum atomic E-state index is -0.341. The highest BCUT2D eigenvalue weighted by molar-refractivity contribution is 5.97. The van der Waals surface area contributed by atoms with Gasteiger partial charge in [0.15, 0.2) is 0 Å². The number of carbonyl (C=O) groups excluding carboxylic acids is 1. The van der Waals surface area contributed by atoms with E-state index in [1.54, 1.807) is 58.8 Å². The van der Waals surface area contributed by atoms with Crippen LogP contribution < -0.4 is 10.9 Å². The summed E-state index contributed by atoms with van der Waals surface area (Å²) in [6.07, 6.45) is 1.56. The zero-order chi connectivity index (χ0) is 20.4. The number of nitrogens with zero attached hydrogens (tertiary/aromatic N) is 3. The van der Waals surface area contributed by atoms with Gasteiger partial charge >= 0.3 is 0 Å². The van der Waals surface area contributed by atoms with E-state index >= 15 is 0 Å². The molecule has 1 N–H and O–H groups in total. The van der Waals surface area contributed by atoms with Crippen molar-refractivity contribution in [3.63, 3.8) is 0 Å². The van der Waals surface area contributed by atoms with Crippen LogP contribution in [0.1, 0.15) is 15.9 Å².